The molecule has 0 amide bonds. The molecule has 3 aromatic carbocycles. The zero-order chi connectivity index (χ0) is 21.8. The molecule has 3 aromatic rings. The lowest BCUT2D eigenvalue weighted by molar-refractivity contribution is -0.154. The minimum atomic E-state index is -1.06. The predicted molar refractivity (Wildman–Crippen MR) is 126 cm³/mol. The summed E-state index contributed by atoms with van der Waals surface area (Å²) in [5, 5.41) is 9.87. The summed E-state index contributed by atoms with van der Waals surface area (Å²) >= 11 is 6.68. The van der Waals surface area contributed by atoms with Gasteiger partial charge < -0.3 is 4.74 Å². The Balaban J connectivity index is 1.67. The van der Waals surface area contributed by atoms with Crippen LogP contribution in [0.1, 0.15) is 30.5 Å². The van der Waals surface area contributed by atoms with E-state index in [0.29, 0.717) is 24.7 Å². The highest BCUT2D eigenvalue weighted by Gasteiger charge is 2.45. The van der Waals surface area contributed by atoms with E-state index in [0.717, 1.165) is 24.0 Å². The normalized spacial score (nSPS) is 15.5. The lowest BCUT2D eigenvalue weighted by Gasteiger charge is -2.31. The number of ether oxygens (including phenoxy) is 1. The van der Waals surface area contributed by atoms with Gasteiger partial charge in [-0.1, -0.05) is 80.0 Å². The zero-order valence-corrected chi connectivity index (χ0v) is 18.8. The summed E-state index contributed by atoms with van der Waals surface area (Å²) < 4.78 is 5.65. The Morgan fingerprint density at radius 2 is 1.71 bits per heavy atom. The number of nitrogens with one attached hydrogen (secondary N) is 2. The summed E-state index contributed by atoms with van der Waals surface area (Å²) in [7, 11) is 0. The van der Waals surface area contributed by atoms with Gasteiger partial charge >= 0.3 is 5.97 Å². The maximum absolute atomic E-state index is 13.2. The molecule has 2 N–H and O–H groups in total. The summed E-state index contributed by atoms with van der Waals surface area (Å²) in [6.07, 6.45) is 1.56. The average Bonchev–Trinajstić information content (AvgIpc) is 3.27. The van der Waals surface area contributed by atoms with Crippen LogP contribution in [0.2, 0.25) is 5.02 Å². The number of carbonyl (C=O) groups excluding carboxylic acids is 1. The first-order chi connectivity index (χ1) is 15.0. The van der Waals surface area contributed by atoms with E-state index in [-0.39, 0.29) is 11.9 Å². The molecule has 1 fully saturated rings. The molecule has 1 saturated heterocycles. The van der Waals surface area contributed by atoms with Crippen molar-refractivity contribution < 1.29 is 9.53 Å². The third-order valence-corrected chi connectivity index (χ3v) is 6.16. The van der Waals surface area contributed by atoms with Gasteiger partial charge in [0, 0.05) is 23.7 Å². The molecule has 0 spiro atoms. The fraction of sp³-hybridized carbons (Fsp3) is 0.346. The second-order valence-corrected chi connectivity index (χ2v) is 8.91. The van der Waals surface area contributed by atoms with Crippen molar-refractivity contribution in [3.05, 3.63) is 82.4 Å². The van der Waals surface area contributed by atoms with Crippen molar-refractivity contribution in [2.24, 2.45) is 5.92 Å². The highest BCUT2D eigenvalue weighted by Crippen LogP contribution is 2.32. The van der Waals surface area contributed by atoms with E-state index in [9.17, 15) is 4.79 Å². The Morgan fingerprint density at radius 1 is 1.00 bits per heavy atom. The molecule has 0 unspecified atom stereocenters. The van der Waals surface area contributed by atoms with Gasteiger partial charge in [-0.3, -0.25) is 10.6 Å². The van der Waals surface area contributed by atoms with E-state index in [1.807, 2.05) is 32.0 Å². The number of rotatable bonds is 7. The molecule has 0 radical (unpaired) electrons. The molecule has 1 aliphatic rings. The molecular weight excluding hydrogens is 408 g/mol. The summed E-state index contributed by atoms with van der Waals surface area (Å²) in [6, 6.07) is 20.6. The number of halogens is 1. The predicted octanol–water partition coefficient (Wildman–Crippen LogP) is 4.82. The smallest absolute Gasteiger partial charge is 0.346 e. The van der Waals surface area contributed by atoms with Crippen molar-refractivity contribution in [3.8, 4) is 0 Å². The standard InChI is InChI=1S/C26H29ClN2O2/c1-18(2)17-31-25(30)26(28-15-16-29-26)23-11-6-12-24(27)22(23)14-13-20-9-5-8-19-7-3-4-10-21(19)20/h3-12,18,28-29H,13-17H2,1-2H3. The highest BCUT2D eigenvalue weighted by molar-refractivity contribution is 6.31. The summed E-state index contributed by atoms with van der Waals surface area (Å²) in [5.41, 5.74) is 2.04. The summed E-state index contributed by atoms with van der Waals surface area (Å²) in [6.45, 7) is 5.82. The van der Waals surface area contributed by atoms with Crippen LogP contribution < -0.4 is 10.6 Å². The van der Waals surface area contributed by atoms with Crippen LogP contribution in [0, 0.1) is 5.92 Å². The molecule has 31 heavy (non-hydrogen) atoms. The van der Waals surface area contributed by atoms with E-state index in [4.69, 9.17) is 16.3 Å². The van der Waals surface area contributed by atoms with Gasteiger partial charge in [0.2, 0.25) is 0 Å². The lowest BCUT2D eigenvalue weighted by Crippen LogP contribution is -2.54. The monoisotopic (exact) mass is 436 g/mol. The van der Waals surface area contributed by atoms with Crippen molar-refractivity contribution in [1.82, 2.24) is 10.6 Å². The number of carbonyl (C=O) groups is 1. The van der Waals surface area contributed by atoms with E-state index < -0.39 is 5.66 Å². The van der Waals surface area contributed by atoms with Gasteiger partial charge in [0.15, 0.2) is 5.66 Å². The van der Waals surface area contributed by atoms with Gasteiger partial charge in [-0.15, -0.1) is 0 Å². The molecule has 0 aliphatic carbocycles. The Labute approximate surface area is 188 Å². The molecule has 0 aromatic heterocycles. The largest absolute Gasteiger partial charge is 0.463 e. The maximum atomic E-state index is 13.2. The minimum absolute atomic E-state index is 0.271. The van der Waals surface area contributed by atoms with Crippen molar-refractivity contribution in [3.63, 3.8) is 0 Å². The number of fused-ring (bicyclic) bond motifs is 1. The van der Waals surface area contributed by atoms with Crippen molar-refractivity contribution in [2.75, 3.05) is 19.7 Å². The van der Waals surface area contributed by atoms with Crippen LogP contribution >= 0.6 is 11.6 Å². The third-order valence-electron chi connectivity index (χ3n) is 5.81. The molecule has 5 heteroatoms. The van der Waals surface area contributed by atoms with E-state index in [1.165, 1.54) is 16.3 Å². The molecule has 4 nitrogen and oxygen atoms in total. The van der Waals surface area contributed by atoms with Crippen LogP contribution in [0.15, 0.2) is 60.7 Å². The highest BCUT2D eigenvalue weighted by atomic mass is 35.5. The Hall–Kier alpha value is -2.40. The van der Waals surface area contributed by atoms with E-state index >= 15 is 0 Å². The Bertz CT molecular complexity index is 1070. The minimum Gasteiger partial charge on any atom is -0.463 e. The quantitative estimate of drug-likeness (QED) is 0.521. The second-order valence-electron chi connectivity index (χ2n) is 8.50. The molecule has 0 atom stereocenters. The maximum Gasteiger partial charge on any atom is 0.346 e. The van der Waals surface area contributed by atoms with Crippen LogP contribution in [0.4, 0.5) is 0 Å². The van der Waals surface area contributed by atoms with Crippen LogP contribution in [0.25, 0.3) is 10.8 Å². The molecule has 1 aliphatic heterocycles. The molecule has 0 bridgehead atoms. The van der Waals surface area contributed by atoms with Crippen molar-refractivity contribution in [2.45, 2.75) is 32.4 Å². The van der Waals surface area contributed by atoms with Gasteiger partial charge in [-0.2, -0.15) is 0 Å². The van der Waals surface area contributed by atoms with Crippen molar-refractivity contribution in [1.29, 1.82) is 0 Å². The second kappa shape index (κ2) is 9.39. The van der Waals surface area contributed by atoms with Gasteiger partial charge in [0.1, 0.15) is 0 Å². The molecule has 4 rings (SSSR count). The molecule has 1 heterocycles. The van der Waals surface area contributed by atoms with Gasteiger partial charge in [0.25, 0.3) is 0 Å². The fourth-order valence-corrected chi connectivity index (χ4v) is 4.56. The van der Waals surface area contributed by atoms with Crippen LogP contribution in [-0.4, -0.2) is 25.7 Å². The Morgan fingerprint density at radius 3 is 2.48 bits per heavy atom. The lowest BCUT2D eigenvalue weighted by atomic mass is 9.90. The molecule has 0 saturated carbocycles. The first kappa shape index (κ1) is 21.8. The van der Waals surface area contributed by atoms with Gasteiger partial charge in [-0.25, -0.2) is 4.79 Å². The number of hydrogen-bond acceptors (Lipinski definition) is 4. The SMILES string of the molecule is CC(C)COC(=O)C1(c2cccc(Cl)c2CCc2cccc3ccccc23)NCCN1. The topological polar surface area (TPSA) is 50.4 Å². The van der Waals surface area contributed by atoms with Gasteiger partial charge in [-0.05, 0) is 46.7 Å². The Kier molecular flexibility index (Phi) is 6.61. The van der Waals surface area contributed by atoms with Crippen LogP contribution in [-0.2, 0) is 28.0 Å². The summed E-state index contributed by atoms with van der Waals surface area (Å²) in [4.78, 5) is 13.2. The molecule has 162 valence electrons. The van der Waals surface area contributed by atoms with Gasteiger partial charge in [0.05, 0.1) is 6.61 Å². The van der Waals surface area contributed by atoms with Crippen LogP contribution in [0.3, 0.4) is 0 Å². The summed E-state index contributed by atoms with van der Waals surface area (Å²) in [5.74, 6) is -0.0278. The first-order valence-corrected chi connectivity index (χ1v) is 11.3. The molecular formula is C26H29ClN2O2. The fourth-order valence-electron chi connectivity index (χ4n) is 4.29. The number of hydrogen-bond donors (Lipinski definition) is 2. The number of aryl methyl sites for hydroxylation is 1. The van der Waals surface area contributed by atoms with E-state index in [1.54, 1.807) is 0 Å². The number of benzene rings is 3. The van der Waals surface area contributed by atoms with Crippen molar-refractivity contribution >= 4 is 28.3 Å². The average molecular weight is 437 g/mol. The van der Waals surface area contributed by atoms with Crippen LogP contribution in [0.5, 0.6) is 0 Å². The number of esters is 1. The first-order valence-electron chi connectivity index (χ1n) is 10.9. The zero-order valence-electron chi connectivity index (χ0n) is 18.1. The van der Waals surface area contributed by atoms with E-state index in [2.05, 4.69) is 53.1 Å². The third kappa shape index (κ3) is 4.47.